The maximum atomic E-state index is 12.0. The Kier molecular flexibility index (Phi) is 4.57. The summed E-state index contributed by atoms with van der Waals surface area (Å²) in [5, 5.41) is 11.6. The van der Waals surface area contributed by atoms with Gasteiger partial charge in [-0.05, 0) is 12.5 Å². The van der Waals surface area contributed by atoms with Crippen LogP contribution in [0.2, 0.25) is 0 Å². The third kappa shape index (κ3) is 3.71. The lowest BCUT2D eigenvalue weighted by molar-refractivity contribution is -0.137. The molecule has 1 heterocycles. The molecule has 0 aromatic heterocycles. The highest BCUT2D eigenvalue weighted by Gasteiger charge is 2.31. The molecule has 1 atom stereocenters. The summed E-state index contributed by atoms with van der Waals surface area (Å²) < 4.78 is 5.16. The number of carbonyl (C=O) groups is 2. The number of urea groups is 1. The van der Waals surface area contributed by atoms with Crippen molar-refractivity contribution >= 4 is 12.0 Å². The van der Waals surface area contributed by atoms with E-state index in [0.29, 0.717) is 6.54 Å². The summed E-state index contributed by atoms with van der Waals surface area (Å²) in [7, 11) is 0. The SMILES string of the molecule is Cc1ccc(CNC(=O)N2COCC2CC(=O)O)cc1. The Bertz CT molecular complexity index is 486. The van der Waals surface area contributed by atoms with Crippen LogP contribution in [0, 0.1) is 6.92 Å². The zero-order valence-corrected chi connectivity index (χ0v) is 11.3. The molecular weight excluding hydrogens is 260 g/mol. The van der Waals surface area contributed by atoms with Crippen molar-refractivity contribution in [2.45, 2.75) is 25.9 Å². The number of carbonyl (C=O) groups excluding carboxylic acids is 1. The van der Waals surface area contributed by atoms with E-state index in [0.717, 1.165) is 11.1 Å². The molecule has 108 valence electrons. The quantitative estimate of drug-likeness (QED) is 0.871. The molecule has 0 radical (unpaired) electrons. The van der Waals surface area contributed by atoms with Gasteiger partial charge in [0, 0.05) is 6.54 Å². The molecule has 2 rings (SSSR count). The van der Waals surface area contributed by atoms with Crippen molar-refractivity contribution in [2.24, 2.45) is 0 Å². The first-order valence-electron chi connectivity index (χ1n) is 6.46. The topological polar surface area (TPSA) is 78.9 Å². The highest BCUT2D eigenvalue weighted by atomic mass is 16.5. The van der Waals surface area contributed by atoms with Crippen molar-refractivity contribution in [3.05, 3.63) is 35.4 Å². The summed E-state index contributed by atoms with van der Waals surface area (Å²) >= 11 is 0. The molecule has 1 fully saturated rings. The van der Waals surface area contributed by atoms with Crippen LogP contribution in [0.15, 0.2) is 24.3 Å². The molecule has 0 saturated carbocycles. The predicted molar refractivity (Wildman–Crippen MR) is 72.1 cm³/mol. The molecule has 1 aromatic carbocycles. The lowest BCUT2D eigenvalue weighted by Gasteiger charge is -2.21. The van der Waals surface area contributed by atoms with Crippen LogP contribution in [-0.2, 0) is 16.1 Å². The number of rotatable bonds is 4. The van der Waals surface area contributed by atoms with Gasteiger partial charge in [-0.2, -0.15) is 0 Å². The lowest BCUT2D eigenvalue weighted by Crippen LogP contribution is -2.44. The van der Waals surface area contributed by atoms with Gasteiger partial charge >= 0.3 is 12.0 Å². The van der Waals surface area contributed by atoms with E-state index >= 15 is 0 Å². The Morgan fingerprint density at radius 3 is 2.75 bits per heavy atom. The van der Waals surface area contributed by atoms with Crippen LogP contribution in [0.1, 0.15) is 17.5 Å². The minimum absolute atomic E-state index is 0.0993. The van der Waals surface area contributed by atoms with Crippen LogP contribution in [0.5, 0.6) is 0 Å². The van der Waals surface area contributed by atoms with E-state index in [2.05, 4.69) is 5.32 Å². The molecule has 1 aliphatic heterocycles. The highest BCUT2D eigenvalue weighted by Crippen LogP contribution is 2.13. The van der Waals surface area contributed by atoms with E-state index in [1.54, 1.807) is 0 Å². The van der Waals surface area contributed by atoms with Crippen molar-refractivity contribution in [3.8, 4) is 0 Å². The van der Waals surface area contributed by atoms with Gasteiger partial charge in [0.2, 0.25) is 0 Å². The Labute approximate surface area is 117 Å². The molecule has 0 spiro atoms. The van der Waals surface area contributed by atoms with Gasteiger partial charge in [-0.15, -0.1) is 0 Å². The number of aryl methyl sites for hydroxylation is 1. The fraction of sp³-hybridized carbons (Fsp3) is 0.429. The second-order valence-corrected chi connectivity index (χ2v) is 4.87. The fourth-order valence-electron chi connectivity index (χ4n) is 2.06. The van der Waals surface area contributed by atoms with E-state index in [1.165, 1.54) is 4.90 Å². The number of nitrogens with zero attached hydrogens (tertiary/aromatic N) is 1. The molecule has 2 N–H and O–H groups in total. The highest BCUT2D eigenvalue weighted by molar-refractivity contribution is 5.76. The minimum Gasteiger partial charge on any atom is -0.481 e. The van der Waals surface area contributed by atoms with Gasteiger partial charge in [0.1, 0.15) is 6.73 Å². The number of carboxylic acids is 1. The number of amides is 2. The smallest absolute Gasteiger partial charge is 0.319 e. The van der Waals surface area contributed by atoms with E-state index in [-0.39, 0.29) is 25.8 Å². The van der Waals surface area contributed by atoms with E-state index in [4.69, 9.17) is 9.84 Å². The number of ether oxygens (including phenoxy) is 1. The molecular formula is C14H18N2O4. The van der Waals surface area contributed by atoms with Crippen molar-refractivity contribution in [2.75, 3.05) is 13.3 Å². The van der Waals surface area contributed by atoms with Crippen LogP contribution >= 0.6 is 0 Å². The number of hydrogen-bond acceptors (Lipinski definition) is 3. The standard InChI is InChI=1S/C14H18N2O4/c1-10-2-4-11(5-3-10)7-15-14(19)16-9-20-8-12(16)6-13(17)18/h2-5,12H,6-9H2,1H3,(H,15,19)(H,17,18). The van der Waals surface area contributed by atoms with Crippen LogP contribution in [0.4, 0.5) is 4.79 Å². The second-order valence-electron chi connectivity index (χ2n) is 4.87. The Balaban J connectivity index is 1.87. The number of hydrogen-bond donors (Lipinski definition) is 2. The largest absolute Gasteiger partial charge is 0.481 e. The first-order chi connectivity index (χ1) is 9.56. The lowest BCUT2D eigenvalue weighted by atomic mass is 10.1. The number of nitrogens with one attached hydrogen (secondary N) is 1. The normalized spacial score (nSPS) is 18.1. The molecule has 1 unspecified atom stereocenters. The van der Waals surface area contributed by atoms with Crippen molar-refractivity contribution < 1.29 is 19.4 Å². The van der Waals surface area contributed by atoms with Gasteiger partial charge in [0.15, 0.2) is 0 Å². The zero-order valence-electron chi connectivity index (χ0n) is 11.3. The molecule has 0 bridgehead atoms. The fourth-order valence-corrected chi connectivity index (χ4v) is 2.06. The third-order valence-corrected chi connectivity index (χ3v) is 3.22. The van der Waals surface area contributed by atoms with Gasteiger partial charge in [-0.3, -0.25) is 9.69 Å². The molecule has 6 nitrogen and oxygen atoms in total. The van der Waals surface area contributed by atoms with Gasteiger partial charge in [0.25, 0.3) is 0 Å². The molecule has 6 heteroatoms. The van der Waals surface area contributed by atoms with Crippen LogP contribution in [0.3, 0.4) is 0 Å². The van der Waals surface area contributed by atoms with Crippen molar-refractivity contribution in [1.82, 2.24) is 10.2 Å². The summed E-state index contributed by atoms with van der Waals surface area (Å²) in [6.07, 6.45) is -0.0993. The Morgan fingerprint density at radius 2 is 2.10 bits per heavy atom. The number of aliphatic carboxylic acids is 1. The molecule has 0 aliphatic carbocycles. The maximum Gasteiger partial charge on any atom is 0.319 e. The molecule has 1 saturated heterocycles. The van der Waals surface area contributed by atoms with E-state index in [1.807, 2.05) is 31.2 Å². The Morgan fingerprint density at radius 1 is 1.40 bits per heavy atom. The van der Waals surface area contributed by atoms with Crippen LogP contribution in [0.25, 0.3) is 0 Å². The third-order valence-electron chi connectivity index (χ3n) is 3.22. The zero-order chi connectivity index (χ0) is 14.5. The van der Waals surface area contributed by atoms with E-state index < -0.39 is 12.0 Å². The monoisotopic (exact) mass is 278 g/mol. The van der Waals surface area contributed by atoms with E-state index in [9.17, 15) is 9.59 Å². The molecule has 2 amide bonds. The molecule has 1 aliphatic rings. The van der Waals surface area contributed by atoms with Crippen molar-refractivity contribution in [1.29, 1.82) is 0 Å². The van der Waals surface area contributed by atoms with Gasteiger partial charge in [-0.25, -0.2) is 4.79 Å². The number of carboxylic acid groups (broad SMARTS) is 1. The summed E-state index contributed by atoms with van der Waals surface area (Å²) in [6.45, 7) is 2.82. The average molecular weight is 278 g/mol. The summed E-state index contributed by atoms with van der Waals surface area (Å²) in [5.41, 5.74) is 2.16. The minimum atomic E-state index is -0.933. The average Bonchev–Trinajstić information content (AvgIpc) is 2.85. The van der Waals surface area contributed by atoms with Crippen molar-refractivity contribution in [3.63, 3.8) is 0 Å². The first kappa shape index (κ1) is 14.3. The summed E-state index contributed by atoms with van der Waals surface area (Å²) in [5.74, 6) is -0.933. The van der Waals surface area contributed by atoms with Gasteiger partial charge < -0.3 is 15.2 Å². The molecule has 1 aromatic rings. The van der Waals surface area contributed by atoms with Gasteiger partial charge in [0.05, 0.1) is 19.1 Å². The summed E-state index contributed by atoms with van der Waals surface area (Å²) in [6, 6.07) is 7.16. The predicted octanol–water partition coefficient (Wildman–Crippen LogP) is 1.34. The first-order valence-corrected chi connectivity index (χ1v) is 6.46. The molecule has 20 heavy (non-hydrogen) atoms. The number of benzene rings is 1. The van der Waals surface area contributed by atoms with Crippen LogP contribution in [-0.4, -0.2) is 41.4 Å². The van der Waals surface area contributed by atoms with Crippen LogP contribution < -0.4 is 5.32 Å². The second kappa shape index (κ2) is 6.38. The summed E-state index contributed by atoms with van der Waals surface area (Å²) in [4.78, 5) is 24.2. The van der Waals surface area contributed by atoms with Gasteiger partial charge in [-0.1, -0.05) is 29.8 Å². The Hall–Kier alpha value is -2.08. The maximum absolute atomic E-state index is 12.0.